The van der Waals surface area contributed by atoms with Gasteiger partial charge in [-0.3, -0.25) is 0 Å². The molecule has 19 heavy (non-hydrogen) atoms. The minimum atomic E-state index is 0.196. The van der Waals surface area contributed by atoms with Crippen LogP contribution in [0.3, 0.4) is 0 Å². The summed E-state index contributed by atoms with van der Waals surface area (Å²) in [6.45, 7) is 0. The van der Waals surface area contributed by atoms with E-state index in [4.69, 9.17) is 4.42 Å². The minimum Gasteiger partial charge on any atom is -0.459 e. The highest BCUT2D eigenvalue weighted by Gasteiger charge is 2.15. The highest BCUT2D eigenvalue weighted by atomic mass is 32.2. The molecule has 0 amide bonds. The van der Waals surface area contributed by atoms with Crippen molar-refractivity contribution >= 4 is 34.1 Å². The molecule has 0 aliphatic heterocycles. The van der Waals surface area contributed by atoms with E-state index in [0.29, 0.717) is 0 Å². The number of thiazole rings is 1. The topological polar surface area (TPSA) is 38.1 Å². The molecule has 5 heteroatoms. The normalized spacial score (nSPS) is 12.9. The summed E-state index contributed by atoms with van der Waals surface area (Å²) in [4.78, 5) is 4.28. The largest absolute Gasteiger partial charge is 0.459 e. The number of aromatic nitrogens is 1. The van der Waals surface area contributed by atoms with Crippen molar-refractivity contribution < 1.29 is 4.42 Å². The molecule has 1 atom stereocenters. The van der Waals surface area contributed by atoms with Crippen LogP contribution in [-0.4, -0.2) is 17.8 Å². The maximum absolute atomic E-state index is 5.90. The first kappa shape index (κ1) is 12.7. The van der Waals surface area contributed by atoms with Gasteiger partial charge < -0.3 is 9.73 Å². The van der Waals surface area contributed by atoms with Crippen molar-refractivity contribution in [3.63, 3.8) is 0 Å². The lowest BCUT2D eigenvalue weighted by Crippen LogP contribution is -2.17. The fourth-order valence-electron chi connectivity index (χ4n) is 1.92. The summed E-state index contributed by atoms with van der Waals surface area (Å²) in [5.74, 6) is 1.89. The predicted octanol–water partition coefficient (Wildman–Crippen LogP) is 3.94. The molecule has 3 rings (SSSR count). The zero-order chi connectivity index (χ0) is 13.1. The van der Waals surface area contributed by atoms with E-state index < -0.39 is 0 Å². The van der Waals surface area contributed by atoms with Gasteiger partial charge in [0.25, 0.3) is 0 Å². The molecule has 0 aliphatic rings. The highest BCUT2D eigenvalue weighted by Crippen LogP contribution is 2.29. The van der Waals surface area contributed by atoms with Gasteiger partial charge in [-0.2, -0.15) is 0 Å². The van der Waals surface area contributed by atoms with Gasteiger partial charge in [0.15, 0.2) is 0 Å². The van der Waals surface area contributed by atoms with E-state index in [-0.39, 0.29) is 6.04 Å². The summed E-state index contributed by atoms with van der Waals surface area (Å²) in [7, 11) is 1.96. The molecule has 1 N–H and O–H groups in total. The standard InChI is InChI=1S/C14H14N2OS2/c1-15-11(9-19-14-16-6-7-18-14)13-8-10-4-2-3-5-12(10)17-13/h2-8,11,15H,9H2,1H3. The van der Waals surface area contributed by atoms with Crippen LogP contribution in [0.15, 0.2) is 50.7 Å². The van der Waals surface area contributed by atoms with Gasteiger partial charge in [-0.15, -0.1) is 11.3 Å². The molecule has 0 saturated heterocycles. The van der Waals surface area contributed by atoms with E-state index in [1.165, 1.54) is 0 Å². The number of fused-ring (bicyclic) bond motifs is 1. The zero-order valence-corrected chi connectivity index (χ0v) is 12.1. The van der Waals surface area contributed by atoms with Gasteiger partial charge in [-0.1, -0.05) is 30.0 Å². The summed E-state index contributed by atoms with van der Waals surface area (Å²) in [5.41, 5.74) is 0.942. The lowest BCUT2D eigenvalue weighted by atomic mass is 10.2. The van der Waals surface area contributed by atoms with Crippen LogP contribution < -0.4 is 5.32 Å². The minimum absolute atomic E-state index is 0.196. The fraction of sp³-hybridized carbons (Fsp3) is 0.214. The van der Waals surface area contributed by atoms with Gasteiger partial charge in [0.2, 0.25) is 0 Å². The molecule has 3 nitrogen and oxygen atoms in total. The highest BCUT2D eigenvalue weighted by molar-refractivity contribution is 8.01. The Morgan fingerprint density at radius 1 is 1.42 bits per heavy atom. The smallest absolute Gasteiger partial charge is 0.149 e. The third-order valence-corrected chi connectivity index (χ3v) is 4.98. The van der Waals surface area contributed by atoms with E-state index in [2.05, 4.69) is 22.4 Å². The summed E-state index contributed by atoms with van der Waals surface area (Å²) < 4.78 is 6.99. The number of benzene rings is 1. The fourth-order valence-corrected chi connectivity index (χ4v) is 3.70. The molecular formula is C14H14N2OS2. The summed E-state index contributed by atoms with van der Waals surface area (Å²) >= 11 is 3.42. The first-order chi connectivity index (χ1) is 9.36. The molecule has 0 radical (unpaired) electrons. The maximum Gasteiger partial charge on any atom is 0.149 e. The average molecular weight is 290 g/mol. The van der Waals surface area contributed by atoms with Crippen LogP contribution in [0.25, 0.3) is 11.0 Å². The molecule has 0 spiro atoms. The molecule has 2 heterocycles. The van der Waals surface area contributed by atoms with E-state index in [0.717, 1.165) is 26.8 Å². The Hall–Kier alpha value is -1.30. The first-order valence-corrected chi connectivity index (χ1v) is 7.91. The molecule has 2 aromatic heterocycles. The number of rotatable bonds is 5. The molecule has 1 unspecified atom stereocenters. The lowest BCUT2D eigenvalue weighted by Gasteiger charge is -2.11. The number of para-hydroxylation sites is 1. The van der Waals surface area contributed by atoms with Gasteiger partial charge in [-0.25, -0.2) is 4.98 Å². The Kier molecular flexibility index (Phi) is 3.87. The van der Waals surface area contributed by atoms with Gasteiger partial charge in [-0.05, 0) is 19.2 Å². The Morgan fingerprint density at radius 2 is 2.32 bits per heavy atom. The molecular weight excluding hydrogens is 276 g/mol. The van der Waals surface area contributed by atoms with Gasteiger partial charge in [0.05, 0.1) is 6.04 Å². The average Bonchev–Trinajstić information content (AvgIpc) is 3.08. The first-order valence-electron chi connectivity index (χ1n) is 6.05. The van der Waals surface area contributed by atoms with Crippen LogP contribution in [0.5, 0.6) is 0 Å². The lowest BCUT2D eigenvalue weighted by molar-refractivity contribution is 0.479. The quantitative estimate of drug-likeness (QED) is 0.722. The van der Waals surface area contributed by atoms with Crippen LogP contribution in [0.4, 0.5) is 0 Å². The van der Waals surface area contributed by atoms with Crippen molar-refractivity contribution in [1.82, 2.24) is 10.3 Å². The Balaban J connectivity index is 1.77. The molecule has 98 valence electrons. The third kappa shape index (κ3) is 2.83. The molecule has 0 bridgehead atoms. The summed E-state index contributed by atoms with van der Waals surface area (Å²) in [6.07, 6.45) is 1.84. The number of hydrogen-bond donors (Lipinski definition) is 1. The van der Waals surface area contributed by atoms with Crippen LogP contribution in [0, 0.1) is 0 Å². The predicted molar refractivity (Wildman–Crippen MR) is 80.9 cm³/mol. The Bertz CT molecular complexity index is 615. The van der Waals surface area contributed by atoms with Crippen LogP contribution in [-0.2, 0) is 0 Å². The third-order valence-electron chi connectivity index (χ3n) is 2.92. The summed E-state index contributed by atoms with van der Waals surface area (Å²) in [5, 5.41) is 6.45. The van der Waals surface area contributed by atoms with Gasteiger partial charge in [0.1, 0.15) is 15.7 Å². The van der Waals surface area contributed by atoms with Gasteiger partial charge in [0, 0.05) is 22.7 Å². The van der Waals surface area contributed by atoms with Crippen molar-refractivity contribution in [2.45, 2.75) is 10.4 Å². The van der Waals surface area contributed by atoms with Crippen LogP contribution in [0.2, 0.25) is 0 Å². The van der Waals surface area contributed by atoms with E-state index in [1.54, 1.807) is 23.1 Å². The van der Waals surface area contributed by atoms with Crippen molar-refractivity contribution in [3.8, 4) is 0 Å². The summed E-state index contributed by atoms with van der Waals surface area (Å²) in [6, 6.07) is 10.4. The van der Waals surface area contributed by atoms with Gasteiger partial charge >= 0.3 is 0 Å². The molecule has 0 aliphatic carbocycles. The van der Waals surface area contributed by atoms with Crippen LogP contribution in [0.1, 0.15) is 11.8 Å². The zero-order valence-electron chi connectivity index (χ0n) is 10.5. The van der Waals surface area contributed by atoms with E-state index in [1.807, 2.05) is 36.8 Å². The number of furan rings is 1. The van der Waals surface area contributed by atoms with Crippen molar-refractivity contribution in [2.24, 2.45) is 0 Å². The number of thioether (sulfide) groups is 1. The van der Waals surface area contributed by atoms with Crippen LogP contribution >= 0.6 is 23.1 Å². The second kappa shape index (κ2) is 5.77. The van der Waals surface area contributed by atoms with E-state index >= 15 is 0 Å². The molecule has 0 saturated carbocycles. The monoisotopic (exact) mass is 290 g/mol. The second-order valence-electron chi connectivity index (χ2n) is 4.14. The Morgan fingerprint density at radius 3 is 3.05 bits per heavy atom. The number of nitrogens with one attached hydrogen (secondary N) is 1. The molecule has 3 aromatic rings. The molecule has 1 aromatic carbocycles. The Labute approximate surface area is 120 Å². The maximum atomic E-state index is 5.90. The van der Waals surface area contributed by atoms with E-state index in [9.17, 15) is 0 Å². The number of hydrogen-bond acceptors (Lipinski definition) is 5. The van der Waals surface area contributed by atoms with Crippen molar-refractivity contribution in [3.05, 3.63) is 47.7 Å². The second-order valence-corrected chi connectivity index (χ2v) is 6.30. The molecule has 0 fully saturated rings. The van der Waals surface area contributed by atoms with Crippen molar-refractivity contribution in [1.29, 1.82) is 0 Å². The SMILES string of the molecule is CNC(CSc1nccs1)c1cc2ccccc2o1. The number of nitrogens with zero attached hydrogens (tertiary/aromatic N) is 1. The van der Waals surface area contributed by atoms with Crippen molar-refractivity contribution in [2.75, 3.05) is 12.8 Å².